The number of carbonyl (C=O) groups is 1. The third-order valence-corrected chi connectivity index (χ3v) is 3.89. The highest BCUT2D eigenvalue weighted by Crippen LogP contribution is 2.23. The first kappa shape index (κ1) is 17.7. The summed E-state index contributed by atoms with van der Waals surface area (Å²) in [5.41, 5.74) is 2.88. The summed E-state index contributed by atoms with van der Waals surface area (Å²) in [4.78, 5) is 17.1. The minimum atomic E-state index is -0.207. The van der Waals surface area contributed by atoms with Gasteiger partial charge < -0.3 is 15.2 Å². The number of fused-ring (bicyclic) bond motifs is 1. The molecular weight excluding hydrogens is 328 g/mol. The Kier molecular flexibility index (Phi) is 5.07. The van der Waals surface area contributed by atoms with E-state index in [0.717, 1.165) is 17.0 Å². The van der Waals surface area contributed by atoms with Crippen molar-refractivity contribution in [1.82, 2.24) is 10.3 Å². The number of phenols is 1. The van der Waals surface area contributed by atoms with E-state index in [1.54, 1.807) is 24.3 Å². The van der Waals surface area contributed by atoms with Gasteiger partial charge in [-0.25, -0.2) is 0 Å². The van der Waals surface area contributed by atoms with Gasteiger partial charge in [0.15, 0.2) is 0 Å². The Morgan fingerprint density at radius 1 is 1.19 bits per heavy atom. The number of nitrogens with zero attached hydrogens (tertiary/aromatic N) is 1. The number of aryl methyl sites for hydroxylation is 1. The number of aromatic hydroxyl groups is 1. The van der Waals surface area contributed by atoms with Crippen molar-refractivity contribution in [3.8, 4) is 11.5 Å². The van der Waals surface area contributed by atoms with E-state index in [-0.39, 0.29) is 17.8 Å². The van der Waals surface area contributed by atoms with Crippen molar-refractivity contribution >= 4 is 16.8 Å². The number of benzene rings is 2. The molecule has 0 atom stereocenters. The molecule has 3 aromatic rings. The maximum Gasteiger partial charge on any atom is 0.252 e. The first-order valence-electron chi connectivity index (χ1n) is 8.56. The van der Waals surface area contributed by atoms with E-state index in [2.05, 4.69) is 10.3 Å². The maximum atomic E-state index is 12.7. The number of amides is 1. The Morgan fingerprint density at radius 3 is 2.77 bits per heavy atom. The third kappa shape index (κ3) is 4.11. The second-order valence-electron chi connectivity index (χ2n) is 6.51. The van der Waals surface area contributed by atoms with E-state index in [4.69, 9.17) is 4.74 Å². The van der Waals surface area contributed by atoms with Crippen molar-refractivity contribution in [1.29, 1.82) is 0 Å². The van der Waals surface area contributed by atoms with E-state index < -0.39 is 0 Å². The summed E-state index contributed by atoms with van der Waals surface area (Å²) in [5.74, 6) is 0.680. The van der Waals surface area contributed by atoms with Gasteiger partial charge >= 0.3 is 0 Å². The van der Waals surface area contributed by atoms with Crippen LogP contribution in [0.1, 0.15) is 35.5 Å². The number of aromatic nitrogens is 1. The average molecular weight is 350 g/mol. The first-order chi connectivity index (χ1) is 12.4. The number of rotatable bonds is 5. The summed E-state index contributed by atoms with van der Waals surface area (Å²) in [6.07, 6.45) is 0.0960. The van der Waals surface area contributed by atoms with Gasteiger partial charge in [-0.05, 0) is 62.7 Å². The third-order valence-electron chi connectivity index (χ3n) is 3.89. The van der Waals surface area contributed by atoms with Crippen LogP contribution in [0.15, 0.2) is 48.5 Å². The van der Waals surface area contributed by atoms with Gasteiger partial charge in [-0.2, -0.15) is 0 Å². The molecule has 1 aromatic heterocycles. The molecule has 0 aliphatic rings. The molecule has 0 radical (unpaired) electrons. The molecule has 1 heterocycles. The average Bonchev–Trinajstić information content (AvgIpc) is 2.59. The lowest BCUT2D eigenvalue weighted by Gasteiger charge is -2.12. The molecule has 0 aliphatic carbocycles. The standard InChI is InChI=1S/C21H22N2O3/c1-13(2)26-17-6-4-5-15(10-17)12-22-21(25)19-9-14(3)23-20-8-7-16(24)11-18(19)20/h4-11,13,24H,12H2,1-3H3,(H,22,25). The number of nitrogens with one attached hydrogen (secondary N) is 1. The monoisotopic (exact) mass is 350 g/mol. The highest BCUT2D eigenvalue weighted by molar-refractivity contribution is 6.06. The molecule has 1 amide bonds. The van der Waals surface area contributed by atoms with Gasteiger partial charge in [0.05, 0.1) is 17.2 Å². The Morgan fingerprint density at radius 2 is 2.00 bits per heavy atom. The molecule has 5 nitrogen and oxygen atoms in total. The molecule has 2 N–H and O–H groups in total. The molecule has 2 aromatic carbocycles. The summed E-state index contributed by atoms with van der Waals surface area (Å²) >= 11 is 0. The van der Waals surface area contributed by atoms with Crippen LogP contribution in [0, 0.1) is 6.92 Å². The lowest BCUT2D eigenvalue weighted by molar-refractivity contribution is 0.0952. The fourth-order valence-corrected chi connectivity index (χ4v) is 2.81. The van der Waals surface area contributed by atoms with Crippen LogP contribution in [-0.2, 0) is 6.54 Å². The summed E-state index contributed by atoms with van der Waals surface area (Å²) < 4.78 is 5.68. The first-order valence-corrected chi connectivity index (χ1v) is 8.56. The zero-order valence-electron chi connectivity index (χ0n) is 15.1. The van der Waals surface area contributed by atoms with Crippen LogP contribution in [-0.4, -0.2) is 22.1 Å². The molecule has 0 saturated carbocycles. The summed E-state index contributed by atoms with van der Waals surface area (Å²) in [7, 11) is 0. The normalized spacial score (nSPS) is 10.9. The Bertz CT molecular complexity index is 951. The van der Waals surface area contributed by atoms with Gasteiger partial charge in [0, 0.05) is 17.6 Å². The molecule has 0 unspecified atom stereocenters. The van der Waals surface area contributed by atoms with E-state index in [9.17, 15) is 9.90 Å². The fourth-order valence-electron chi connectivity index (χ4n) is 2.81. The van der Waals surface area contributed by atoms with Crippen molar-refractivity contribution in [2.45, 2.75) is 33.4 Å². The van der Waals surface area contributed by atoms with E-state index in [1.807, 2.05) is 45.0 Å². The fraction of sp³-hybridized carbons (Fsp3) is 0.238. The van der Waals surface area contributed by atoms with Crippen LogP contribution in [0.4, 0.5) is 0 Å². The van der Waals surface area contributed by atoms with Crippen LogP contribution in [0.25, 0.3) is 10.9 Å². The lowest BCUT2D eigenvalue weighted by Crippen LogP contribution is -2.23. The van der Waals surface area contributed by atoms with Gasteiger partial charge in [0.25, 0.3) is 5.91 Å². The number of carbonyl (C=O) groups excluding carboxylic acids is 1. The van der Waals surface area contributed by atoms with Gasteiger partial charge in [0.1, 0.15) is 11.5 Å². The Labute approximate surface area is 152 Å². The highest BCUT2D eigenvalue weighted by Gasteiger charge is 2.13. The van der Waals surface area contributed by atoms with Crippen molar-refractivity contribution in [3.63, 3.8) is 0 Å². The van der Waals surface area contributed by atoms with E-state index >= 15 is 0 Å². The number of phenolic OH excluding ortho intramolecular Hbond substituents is 1. The van der Waals surface area contributed by atoms with Gasteiger partial charge in [-0.3, -0.25) is 9.78 Å². The molecule has 0 aliphatic heterocycles. The number of ether oxygens (including phenoxy) is 1. The smallest absolute Gasteiger partial charge is 0.252 e. The van der Waals surface area contributed by atoms with Crippen molar-refractivity contribution in [2.75, 3.05) is 0 Å². The minimum Gasteiger partial charge on any atom is -0.508 e. The predicted octanol–water partition coefficient (Wildman–Crippen LogP) is 3.97. The molecule has 0 saturated heterocycles. The molecule has 26 heavy (non-hydrogen) atoms. The van der Waals surface area contributed by atoms with Crippen LogP contribution in [0.5, 0.6) is 11.5 Å². The van der Waals surface area contributed by atoms with Crippen LogP contribution >= 0.6 is 0 Å². The number of hydrogen-bond donors (Lipinski definition) is 2. The van der Waals surface area contributed by atoms with E-state index in [1.165, 1.54) is 0 Å². The van der Waals surface area contributed by atoms with Crippen molar-refractivity contribution in [2.24, 2.45) is 0 Å². The zero-order valence-corrected chi connectivity index (χ0v) is 15.1. The SMILES string of the molecule is Cc1cc(C(=O)NCc2cccc(OC(C)C)c2)c2cc(O)ccc2n1. The van der Waals surface area contributed by atoms with Gasteiger partial charge in [-0.1, -0.05) is 12.1 Å². The molecule has 0 bridgehead atoms. The zero-order chi connectivity index (χ0) is 18.7. The Balaban J connectivity index is 1.81. The maximum absolute atomic E-state index is 12.7. The largest absolute Gasteiger partial charge is 0.508 e. The molecular formula is C21H22N2O3. The van der Waals surface area contributed by atoms with Gasteiger partial charge in [0.2, 0.25) is 0 Å². The predicted molar refractivity (Wildman–Crippen MR) is 102 cm³/mol. The second-order valence-corrected chi connectivity index (χ2v) is 6.51. The lowest BCUT2D eigenvalue weighted by atomic mass is 10.1. The summed E-state index contributed by atoms with van der Waals surface area (Å²) in [6, 6.07) is 14.2. The van der Waals surface area contributed by atoms with Crippen molar-refractivity contribution in [3.05, 3.63) is 65.4 Å². The molecule has 5 heteroatoms. The van der Waals surface area contributed by atoms with Crippen LogP contribution in [0.3, 0.4) is 0 Å². The second kappa shape index (κ2) is 7.44. The topological polar surface area (TPSA) is 71.5 Å². The summed E-state index contributed by atoms with van der Waals surface area (Å²) in [6.45, 7) is 6.17. The van der Waals surface area contributed by atoms with Gasteiger partial charge in [-0.15, -0.1) is 0 Å². The molecule has 0 fully saturated rings. The Hall–Kier alpha value is -3.08. The molecule has 3 rings (SSSR count). The quantitative estimate of drug-likeness (QED) is 0.730. The summed E-state index contributed by atoms with van der Waals surface area (Å²) in [5, 5.41) is 13.3. The molecule has 0 spiro atoms. The highest BCUT2D eigenvalue weighted by atomic mass is 16.5. The van der Waals surface area contributed by atoms with Crippen LogP contribution < -0.4 is 10.1 Å². The van der Waals surface area contributed by atoms with Crippen molar-refractivity contribution < 1.29 is 14.6 Å². The number of hydrogen-bond acceptors (Lipinski definition) is 4. The van der Waals surface area contributed by atoms with E-state index in [0.29, 0.717) is 23.0 Å². The number of pyridine rings is 1. The molecule has 134 valence electrons. The minimum absolute atomic E-state index is 0.0960. The van der Waals surface area contributed by atoms with Crippen LogP contribution in [0.2, 0.25) is 0 Å².